The van der Waals surface area contributed by atoms with Crippen LogP contribution in [0.25, 0.3) is 10.9 Å². The van der Waals surface area contributed by atoms with Crippen LogP contribution in [0.15, 0.2) is 40.5 Å². The Morgan fingerprint density at radius 1 is 1.28 bits per heavy atom. The zero-order chi connectivity index (χ0) is 21.3. The van der Waals surface area contributed by atoms with Gasteiger partial charge < -0.3 is 9.47 Å². The van der Waals surface area contributed by atoms with Gasteiger partial charge in [0, 0.05) is 34.2 Å². The molecule has 1 aromatic heterocycles. The highest BCUT2D eigenvalue weighted by Gasteiger charge is 2.27. The third kappa shape index (κ3) is 4.73. The van der Waals surface area contributed by atoms with E-state index in [4.69, 9.17) is 9.47 Å². The summed E-state index contributed by atoms with van der Waals surface area (Å²) in [5.74, 6) is -0.278. The first-order chi connectivity index (χ1) is 13.6. The molecule has 29 heavy (non-hydrogen) atoms. The predicted octanol–water partition coefficient (Wildman–Crippen LogP) is 4.53. The van der Waals surface area contributed by atoms with Crippen LogP contribution < -0.4 is 0 Å². The number of nitrogens with zero attached hydrogens (tertiary/aromatic N) is 2. The molecule has 1 aliphatic heterocycles. The number of likely N-dealkylation sites (N-methyl/N-ethyl adjacent to an activating group) is 1. The van der Waals surface area contributed by atoms with Gasteiger partial charge in [-0.3, -0.25) is 9.47 Å². The van der Waals surface area contributed by atoms with E-state index in [0.717, 1.165) is 33.8 Å². The van der Waals surface area contributed by atoms with E-state index in [2.05, 4.69) is 20.8 Å². The number of halogens is 1. The van der Waals surface area contributed by atoms with E-state index in [1.807, 2.05) is 58.3 Å². The number of benzene rings is 1. The second kappa shape index (κ2) is 8.32. The van der Waals surface area contributed by atoms with Crippen LogP contribution in [0.2, 0.25) is 0 Å². The molecule has 0 bridgehead atoms. The summed E-state index contributed by atoms with van der Waals surface area (Å²) in [5.41, 5.74) is 1.99. The molecule has 0 N–H and O–H groups in total. The van der Waals surface area contributed by atoms with Gasteiger partial charge in [-0.15, -0.1) is 0 Å². The lowest BCUT2D eigenvalue weighted by Crippen LogP contribution is -2.39. The maximum Gasteiger partial charge on any atom is 0.419 e. The molecule has 2 heterocycles. The van der Waals surface area contributed by atoms with Gasteiger partial charge in [-0.1, -0.05) is 28.1 Å². The lowest BCUT2D eigenvalue weighted by molar-refractivity contribution is -0.136. The van der Waals surface area contributed by atoms with Gasteiger partial charge in [0.05, 0.1) is 12.6 Å². The predicted molar refractivity (Wildman–Crippen MR) is 116 cm³/mol. The Kier molecular flexibility index (Phi) is 6.19. The van der Waals surface area contributed by atoms with Crippen LogP contribution in [0.4, 0.5) is 4.79 Å². The highest BCUT2D eigenvalue weighted by Crippen LogP contribution is 2.32. The van der Waals surface area contributed by atoms with Crippen molar-refractivity contribution in [2.45, 2.75) is 45.3 Å². The molecule has 7 heteroatoms. The highest BCUT2D eigenvalue weighted by molar-refractivity contribution is 9.10. The lowest BCUT2D eigenvalue weighted by atomic mass is 9.96. The van der Waals surface area contributed by atoms with Crippen LogP contribution in [0.3, 0.4) is 0 Å². The molecule has 0 aliphatic carbocycles. The van der Waals surface area contributed by atoms with Crippen LogP contribution in [0.5, 0.6) is 0 Å². The Bertz CT molecular complexity index is 971. The van der Waals surface area contributed by atoms with Gasteiger partial charge in [-0.2, -0.15) is 0 Å². The number of fused-ring (bicyclic) bond motifs is 1. The number of ether oxygens (including phenoxy) is 2. The third-order valence-corrected chi connectivity index (χ3v) is 5.69. The van der Waals surface area contributed by atoms with E-state index in [-0.39, 0.29) is 12.0 Å². The van der Waals surface area contributed by atoms with Gasteiger partial charge in [0.1, 0.15) is 5.60 Å². The van der Waals surface area contributed by atoms with Gasteiger partial charge in [-0.25, -0.2) is 9.59 Å². The van der Waals surface area contributed by atoms with Gasteiger partial charge in [0.15, 0.2) is 0 Å². The summed E-state index contributed by atoms with van der Waals surface area (Å²) >= 11 is 3.64. The minimum atomic E-state index is -0.571. The number of esters is 1. The van der Waals surface area contributed by atoms with E-state index in [0.29, 0.717) is 12.1 Å². The fraction of sp³-hybridized carbons (Fsp3) is 0.455. The average molecular weight is 463 g/mol. The van der Waals surface area contributed by atoms with Crippen LogP contribution in [0.1, 0.15) is 32.8 Å². The second-order valence-corrected chi connectivity index (χ2v) is 9.22. The zero-order valence-electron chi connectivity index (χ0n) is 17.5. The molecule has 2 aromatic rings. The Hall–Kier alpha value is -2.12. The maximum atomic E-state index is 12.8. The summed E-state index contributed by atoms with van der Waals surface area (Å²) in [6.07, 6.45) is 4.92. The Morgan fingerprint density at radius 2 is 2.00 bits per heavy atom. The van der Waals surface area contributed by atoms with Crippen molar-refractivity contribution in [3.05, 3.63) is 46.1 Å². The molecule has 0 unspecified atom stereocenters. The van der Waals surface area contributed by atoms with E-state index < -0.39 is 11.7 Å². The van der Waals surface area contributed by atoms with E-state index in [1.165, 1.54) is 7.11 Å². The molecule has 156 valence electrons. The minimum Gasteiger partial charge on any atom is -0.466 e. The molecule has 0 amide bonds. The molecule has 0 radical (unpaired) electrons. The number of carbonyl (C=O) groups excluding carboxylic acids is 2. The third-order valence-electron chi connectivity index (χ3n) is 5.03. The first-order valence-electron chi connectivity index (χ1n) is 9.60. The number of hydrogen-bond acceptors (Lipinski definition) is 5. The fourth-order valence-electron chi connectivity index (χ4n) is 3.63. The average Bonchev–Trinajstić information content (AvgIpc) is 3.01. The molecule has 0 spiro atoms. The first-order valence-corrected chi connectivity index (χ1v) is 10.4. The summed E-state index contributed by atoms with van der Waals surface area (Å²) in [4.78, 5) is 26.7. The van der Waals surface area contributed by atoms with Crippen LogP contribution >= 0.6 is 15.9 Å². The van der Waals surface area contributed by atoms with Crippen molar-refractivity contribution in [3.63, 3.8) is 0 Å². The molecular weight excluding hydrogens is 436 g/mol. The smallest absolute Gasteiger partial charge is 0.419 e. The van der Waals surface area contributed by atoms with Gasteiger partial charge >= 0.3 is 12.1 Å². The standard InChI is InChI=1S/C22H27BrN2O4/c1-22(2,3)29-21(27)25-13-15(19-17(23)7-6-8-18(19)25)11-16-10-9-14(12-24(16)4)20(26)28-5/h6-9,13,16H,10-12H2,1-5H3/t16-/m0/s1. The van der Waals surface area contributed by atoms with Crippen molar-refractivity contribution in [2.75, 3.05) is 20.7 Å². The van der Waals surface area contributed by atoms with Crippen molar-refractivity contribution < 1.29 is 19.1 Å². The topological polar surface area (TPSA) is 60.8 Å². The van der Waals surface area contributed by atoms with Crippen molar-refractivity contribution in [3.8, 4) is 0 Å². The van der Waals surface area contributed by atoms with Crippen molar-refractivity contribution in [1.82, 2.24) is 9.47 Å². The number of hydrogen-bond donors (Lipinski definition) is 0. The summed E-state index contributed by atoms with van der Waals surface area (Å²) in [6, 6.07) is 6.03. The molecule has 3 rings (SSSR count). The first kappa shape index (κ1) is 21.6. The van der Waals surface area contributed by atoms with E-state index in [9.17, 15) is 9.59 Å². The van der Waals surface area contributed by atoms with Crippen molar-refractivity contribution >= 4 is 38.9 Å². The molecule has 0 saturated heterocycles. The van der Waals surface area contributed by atoms with E-state index in [1.54, 1.807) is 4.57 Å². The monoisotopic (exact) mass is 462 g/mol. The quantitative estimate of drug-likeness (QED) is 0.626. The van der Waals surface area contributed by atoms with Crippen molar-refractivity contribution in [2.24, 2.45) is 0 Å². The molecule has 1 aromatic carbocycles. The van der Waals surface area contributed by atoms with Gasteiger partial charge in [-0.05, 0) is 58.4 Å². The molecule has 1 aliphatic rings. The molecule has 0 fully saturated rings. The van der Waals surface area contributed by atoms with Crippen LogP contribution in [-0.4, -0.2) is 53.9 Å². The fourth-order valence-corrected chi connectivity index (χ4v) is 4.24. The Labute approximate surface area is 179 Å². The number of rotatable bonds is 3. The number of methoxy groups -OCH3 is 1. The minimum absolute atomic E-state index is 0.216. The van der Waals surface area contributed by atoms with Crippen molar-refractivity contribution in [1.29, 1.82) is 0 Å². The van der Waals surface area contributed by atoms with Crippen LogP contribution in [-0.2, 0) is 20.7 Å². The second-order valence-electron chi connectivity index (χ2n) is 8.37. The Morgan fingerprint density at radius 3 is 2.62 bits per heavy atom. The van der Waals surface area contributed by atoms with Crippen LogP contribution in [0, 0.1) is 0 Å². The molecular formula is C22H27BrN2O4. The maximum absolute atomic E-state index is 12.8. The number of aromatic nitrogens is 1. The summed E-state index contributed by atoms with van der Waals surface area (Å²) in [7, 11) is 3.40. The number of carbonyl (C=O) groups is 2. The summed E-state index contributed by atoms with van der Waals surface area (Å²) in [6.45, 7) is 6.12. The highest BCUT2D eigenvalue weighted by atomic mass is 79.9. The molecule has 6 nitrogen and oxygen atoms in total. The normalized spacial score (nSPS) is 17.9. The van der Waals surface area contributed by atoms with Gasteiger partial charge in [0.25, 0.3) is 0 Å². The van der Waals surface area contributed by atoms with E-state index >= 15 is 0 Å². The summed E-state index contributed by atoms with van der Waals surface area (Å²) < 4.78 is 12.9. The molecule has 1 atom stereocenters. The Balaban J connectivity index is 1.93. The largest absolute Gasteiger partial charge is 0.466 e. The SMILES string of the molecule is COC(=O)C1=CC[C@@H](Cc2cn(C(=O)OC(C)(C)C)c3cccc(Br)c23)N(C)C1. The van der Waals surface area contributed by atoms with Gasteiger partial charge in [0.2, 0.25) is 0 Å². The zero-order valence-corrected chi connectivity index (χ0v) is 19.1. The molecule has 0 saturated carbocycles. The lowest BCUT2D eigenvalue weighted by Gasteiger charge is -2.31. The summed E-state index contributed by atoms with van der Waals surface area (Å²) in [5, 5.41) is 1.01.